The molecule has 0 fully saturated rings. The van der Waals surface area contributed by atoms with Crippen molar-refractivity contribution >= 4 is 22.4 Å². The van der Waals surface area contributed by atoms with E-state index in [9.17, 15) is 4.79 Å². The number of nitrogens with one attached hydrogen (secondary N) is 3. The van der Waals surface area contributed by atoms with E-state index >= 15 is 0 Å². The van der Waals surface area contributed by atoms with Crippen LogP contribution in [0.1, 0.15) is 11.7 Å². The first-order chi connectivity index (χ1) is 7.22. The van der Waals surface area contributed by atoms with Crippen LogP contribution in [0.2, 0.25) is 0 Å². The SMILES string of the molecule is CNc1nc(C(NOC)C(=O)N=N)cs1. The van der Waals surface area contributed by atoms with Crippen molar-refractivity contribution in [1.82, 2.24) is 10.5 Å². The molecule has 1 aromatic rings. The number of aromatic nitrogens is 1. The molecule has 0 bridgehead atoms. The van der Waals surface area contributed by atoms with E-state index in [4.69, 9.17) is 5.53 Å². The monoisotopic (exact) mass is 229 g/mol. The van der Waals surface area contributed by atoms with E-state index in [-0.39, 0.29) is 0 Å². The summed E-state index contributed by atoms with van der Waals surface area (Å²) in [6.07, 6.45) is 0. The maximum absolute atomic E-state index is 11.2. The molecule has 1 aromatic heterocycles. The predicted octanol–water partition coefficient (Wildman–Crippen LogP) is 0.934. The Balaban J connectivity index is 2.87. The van der Waals surface area contributed by atoms with Gasteiger partial charge in [-0.15, -0.1) is 16.5 Å². The van der Waals surface area contributed by atoms with Gasteiger partial charge in [0.2, 0.25) is 0 Å². The minimum atomic E-state index is -0.828. The smallest absolute Gasteiger partial charge is 0.289 e. The van der Waals surface area contributed by atoms with Crippen molar-refractivity contribution < 1.29 is 9.63 Å². The molecule has 0 aromatic carbocycles. The molecule has 15 heavy (non-hydrogen) atoms. The quantitative estimate of drug-likeness (QED) is 0.515. The first-order valence-electron chi connectivity index (χ1n) is 4.06. The van der Waals surface area contributed by atoms with Gasteiger partial charge in [-0.25, -0.2) is 10.5 Å². The highest BCUT2D eigenvalue weighted by Crippen LogP contribution is 2.21. The number of rotatable bonds is 5. The summed E-state index contributed by atoms with van der Waals surface area (Å²) in [4.78, 5) is 20.0. The largest absolute Gasteiger partial charge is 0.365 e. The molecule has 0 radical (unpaired) electrons. The number of anilines is 1. The summed E-state index contributed by atoms with van der Waals surface area (Å²) < 4.78 is 0. The van der Waals surface area contributed by atoms with E-state index in [1.807, 2.05) is 0 Å². The van der Waals surface area contributed by atoms with Crippen LogP contribution in [-0.2, 0) is 9.63 Å². The van der Waals surface area contributed by atoms with Crippen molar-refractivity contribution in [1.29, 1.82) is 5.53 Å². The van der Waals surface area contributed by atoms with E-state index in [1.54, 1.807) is 12.4 Å². The first kappa shape index (κ1) is 11.7. The molecule has 82 valence electrons. The average molecular weight is 229 g/mol. The van der Waals surface area contributed by atoms with Gasteiger partial charge < -0.3 is 10.2 Å². The van der Waals surface area contributed by atoms with Crippen molar-refractivity contribution in [3.63, 3.8) is 0 Å². The van der Waals surface area contributed by atoms with E-state index in [0.29, 0.717) is 10.8 Å². The number of carbonyl (C=O) groups excluding carboxylic acids is 1. The van der Waals surface area contributed by atoms with Crippen LogP contribution in [0.15, 0.2) is 10.5 Å². The molecule has 1 amide bonds. The molecule has 1 heterocycles. The zero-order valence-electron chi connectivity index (χ0n) is 8.27. The molecule has 7 nitrogen and oxygen atoms in total. The third-order valence-corrected chi connectivity index (χ3v) is 2.50. The topological polar surface area (TPSA) is 99.5 Å². The molecule has 0 aliphatic carbocycles. The lowest BCUT2D eigenvalue weighted by atomic mass is 10.2. The lowest BCUT2D eigenvalue weighted by molar-refractivity contribution is -0.124. The van der Waals surface area contributed by atoms with Gasteiger partial charge in [0, 0.05) is 12.4 Å². The summed E-state index contributed by atoms with van der Waals surface area (Å²) >= 11 is 1.36. The molecular formula is C7H11N5O2S. The molecule has 0 saturated heterocycles. The van der Waals surface area contributed by atoms with Crippen LogP contribution in [0.25, 0.3) is 0 Å². The molecule has 0 aliphatic rings. The number of hydroxylamine groups is 1. The second kappa shape index (κ2) is 5.49. The van der Waals surface area contributed by atoms with Crippen LogP contribution in [-0.4, -0.2) is 25.0 Å². The van der Waals surface area contributed by atoms with Crippen LogP contribution in [0.4, 0.5) is 5.13 Å². The number of carbonyl (C=O) groups is 1. The fraction of sp³-hybridized carbons (Fsp3) is 0.429. The fourth-order valence-corrected chi connectivity index (χ4v) is 1.65. The van der Waals surface area contributed by atoms with Crippen molar-refractivity contribution in [2.75, 3.05) is 19.5 Å². The average Bonchev–Trinajstić information content (AvgIpc) is 2.73. The van der Waals surface area contributed by atoms with Gasteiger partial charge in [0.15, 0.2) is 11.2 Å². The normalized spacial score (nSPS) is 12.1. The van der Waals surface area contributed by atoms with Crippen molar-refractivity contribution in [2.45, 2.75) is 6.04 Å². The summed E-state index contributed by atoms with van der Waals surface area (Å²) in [5.74, 6) is -0.648. The van der Waals surface area contributed by atoms with E-state index < -0.39 is 11.9 Å². The molecule has 0 aliphatic heterocycles. The number of hydrogen-bond donors (Lipinski definition) is 3. The Morgan fingerprint density at radius 1 is 1.80 bits per heavy atom. The third-order valence-electron chi connectivity index (χ3n) is 1.62. The summed E-state index contributed by atoms with van der Waals surface area (Å²) in [6, 6.07) is -0.828. The predicted molar refractivity (Wildman–Crippen MR) is 54.7 cm³/mol. The Morgan fingerprint density at radius 3 is 3.00 bits per heavy atom. The highest BCUT2D eigenvalue weighted by atomic mass is 32.1. The highest BCUT2D eigenvalue weighted by molar-refractivity contribution is 7.13. The molecule has 8 heteroatoms. The Bertz CT molecular complexity index is 353. The summed E-state index contributed by atoms with van der Waals surface area (Å²) in [7, 11) is 3.12. The van der Waals surface area contributed by atoms with Crippen LogP contribution in [0, 0.1) is 5.53 Å². The second-order valence-electron chi connectivity index (χ2n) is 2.53. The van der Waals surface area contributed by atoms with E-state index in [0.717, 1.165) is 0 Å². The lowest BCUT2D eigenvalue weighted by Gasteiger charge is -2.09. The Kier molecular flexibility index (Phi) is 4.28. The zero-order valence-corrected chi connectivity index (χ0v) is 9.09. The number of thiazole rings is 1. The number of amides is 1. The molecular weight excluding hydrogens is 218 g/mol. The van der Waals surface area contributed by atoms with Crippen molar-refractivity contribution in [3.05, 3.63) is 11.1 Å². The second-order valence-corrected chi connectivity index (χ2v) is 3.39. The molecule has 0 saturated carbocycles. The molecule has 3 N–H and O–H groups in total. The van der Waals surface area contributed by atoms with Gasteiger partial charge >= 0.3 is 0 Å². The maximum atomic E-state index is 11.2. The van der Waals surface area contributed by atoms with E-state index in [1.165, 1.54) is 18.4 Å². The first-order valence-corrected chi connectivity index (χ1v) is 4.94. The number of nitrogens with zero attached hydrogens (tertiary/aromatic N) is 2. The van der Waals surface area contributed by atoms with Gasteiger partial charge in [-0.1, -0.05) is 0 Å². The standard InChI is InChI=1S/C7H11N5O2S/c1-9-7-10-4(3-15-7)5(12-14-2)6(13)11-8/h3,5,8,12H,1-2H3,(H,9,10). The van der Waals surface area contributed by atoms with Crippen LogP contribution >= 0.6 is 11.3 Å². The van der Waals surface area contributed by atoms with Gasteiger partial charge in [-0.3, -0.25) is 4.79 Å². The van der Waals surface area contributed by atoms with Crippen LogP contribution < -0.4 is 10.8 Å². The zero-order chi connectivity index (χ0) is 11.3. The Labute approximate surface area is 90.3 Å². The lowest BCUT2D eigenvalue weighted by Crippen LogP contribution is -2.26. The summed E-state index contributed by atoms with van der Waals surface area (Å²) in [5, 5.41) is 8.07. The van der Waals surface area contributed by atoms with Gasteiger partial charge in [0.25, 0.3) is 5.91 Å². The minimum absolute atomic E-state index is 0.479. The summed E-state index contributed by atoms with van der Waals surface area (Å²) in [6.45, 7) is 0. The van der Waals surface area contributed by atoms with Crippen molar-refractivity contribution in [3.8, 4) is 0 Å². The maximum Gasteiger partial charge on any atom is 0.289 e. The molecule has 1 unspecified atom stereocenters. The van der Waals surface area contributed by atoms with Gasteiger partial charge in [-0.05, 0) is 0 Å². The minimum Gasteiger partial charge on any atom is -0.365 e. The number of hydrogen-bond acceptors (Lipinski definition) is 7. The Morgan fingerprint density at radius 2 is 2.53 bits per heavy atom. The van der Waals surface area contributed by atoms with Gasteiger partial charge in [-0.2, -0.15) is 5.48 Å². The van der Waals surface area contributed by atoms with Gasteiger partial charge in [0.05, 0.1) is 12.8 Å². The highest BCUT2D eigenvalue weighted by Gasteiger charge is 2.22. The molecule has 1 atom stereocenters. The summed E-state index contributed by atoms with van der Waals surface area (Å²) in [5.41, 5.74) is 9.58. The molecule has 1 rings (SSSR count). The van der Waals surface area contributed by atoms with Crippen molar-refractivity contribution in [2.24, 2.45) is 5.11 Å². The molecule has 0 spiro atoms. The fourth-order valence-electron chi connectivity index (χ4n) is 0.953. The van der Waals surface area contributed by atoms with Gasteiger partial charge in [0.1, 0.15) is 0 Å². The van der Waals surface area contributed by atoms with E-state index in [2.05, 4.69) is 25.7 Å². The van der Waals surface area contributed by atoms with Crippen LogP contribution in [0.5, 0.6) is 0 Å². The van der Waals surface area contributed by atoms with Crippen LogP contribution in [0.3, 0.4) is 0 Å². The third kappa shape index (κ3) is 2.78. The Hall–Kier alpha value is -1.38.